The first-order chi connectivity index (χ1) is 26.3. The molecule has 1 nitrogen and oxygen atoms in total. The van der Waals surface area contributed by atoms with Gasteiger partial charge in [-0.05, 0) is 90.0 Å². The third kappa shape index (κ3) is 5.34. The van der Waals surface area contributed by atoms with Crippen LogP contribution in [-0.4, -0.2) is 0 Å². The Bertz CT molecular complexity index is 2820. The average molecular weight is 674 g/mol. The zero-order valence-electron chi connectivity index (χ0n) is 29.2. The highest BCUT2D eigenvalue weighted by molar-refractivity contribution is 6.18. The molecule has 0 N–H and O–H groups in total. The first kappa shape index (κ1) is 30.8. The van der Waals surface area contributed by atoms with Crippen LogP contribution in [0.15, 0.2) is 212 Å². The Balaban J connectivity index is 1.19. The molecule has 248 valence electrons. The Hall–Kier alpha value is -6.96. The third-order valence-corrected chi connectivity index (χ3v) is 10.6. The molecule has 0 fully saturated rings. The van der Waals surface area contributed by atoms with Gasteiger partial charge in [0, 0.05) is 16.5 Å². The van der Waals surface area contributed by atoms with Gasteiger partial charge in [-0.2, -0.15) is 0 Å². The quantitative estimate of drug-likeness (QED) is 0.159. The molecule has 1 heteroatoms. The minimum Gasteiger partial charge on any atom is -0.309 e. The smallest absolute Gasteiger partial charge is 0.0546 e. The van der Waals surface area contributed by atoms with Gasteiger partial charge in [0.05, 0.1) is 11.4 Å². The van der Waals surface area contributed by atoms with E-state index < -0.39 is 0 Å². The van der Waals surface area contributed by atoms with Crippen molar-refractivity contribution in [1.82, 2.24) is 0 Å². The Morgan fingerprint density at radius 2 is 0.604 bits per heavy atom. The number of anilines is 3. The Morgan fingerprint density at radius 1 is 0.245 bits per heavy atom. The number of hydrogen-bond donors (Lipinski definition) is 0. The number of benzene rings is 10. The summed E-state index contributed by atoms with van der Waals surface area (Å²) in [6.45, 7) is 0. The van der Waals surface area contributed by atoms with Crippen LogP contribution in [0, 0.1) is 0 Å². The Kier molecular flexibility index (Phi) is 7.55. The number of hydrogen-bond acceptors (Lipinski definition) is 1. The van der Waals surface area contributed by atoms with Crippen LogP contribution in [0.5, 0.6) is 0 Å². The van der Waals surface area contributed by atoms with Crippen molar-refractivity contribution in [3.63, 3.8) is 0 Å². The summed E-state index contributed by atoms with van der Waals surface area (Å²) in [5.41, 5.74) is 10.7. The van der Waals surface area contributed by atoms with Crippen molar-refractivity contribution in [2.45, 2.75) is 0 Å². The van der Waals surface area contributed by atoms with E-state index in [-0.39, 0.29) is 0 Å². The van der Waals surface area contributed by atoms with Gasteiger partial charge in [-0.3, -0.25) is 0 Å². The van der Waals surface area contributed by atoms with E-state index in [1.54, 1.807) is 0 Å². The lowest BCUT2D eigenvalue weighted by molar-refractivity contribution is 1.32. The van der Waals surface area contributed by atoms with E-state index in [1.165, 1.54) is 76.5 Å². The fraction of sp³-hybridized carbons (Fsp3) is 0. The molecule has 0 heterocycles. The Labute approximate surface area is 309 Å². The van der Waals surface area contributed by atoms with Crippen molar-refractivity contribution in [1.29, 1.82) is 0 Å². The van der Waals surface area contributed by atoms with E-state index in [0.717, 1.165) is 17.1 Å². The maximum absolute atomic E-state index is 2.48. The van der Waals surface area contributed by atoms with Crippen LogP contribution in [0.2, 0.25) is 0 Å². The maximum atomic E-state index is 2.48. The summed E-state index contributed by atoms with van der Waals surface area (Å²) >= 11 is 0. The molecule has 10 aromatic rings. The van der Waals surface area contributed by atoms with Crippen LogP contribution in [0.3, 0.4) is 0 Å². The third-order valence-electron chi connectivity index (χ3n) is 10.6. The molecule has 53 heavy (non-hydrogen) atoms. The van der Waals surface area contributed by atoms with E-state index in [1.807, 2.05) is 0 Å². The predicted octanol–water partition coefficient (Wildman–Crippen LogP) is 14.8. The van der Waals surface area contributed by atoms with Crippen LogP contribution in [0.1, 0.15) is 0 Å². The van der Waals surface area contributed by atoms with E-state index in [0.29, 0.717) is 0 Å². The highest BCUT2D eigenvalue weighted by atomic mass is 15.1. The summed E-state index contributed by atoms with van der Waals surface area (Å²) < 4.78 is 0. The van der Waals surface area contributed by atoms with E-state index in [4.69, 9.17) is 0 Å². The van der Waals surface area contributed by atoms with Crippen molar-refractivity contribution in [3.05, 3.63) is 212 Å². The molecular weight excluding hydrogens is 639 g/mol. The lowest BCUT2D eigenvalue weighted by Gasteiger charge is -2.29. The molecule has 0 bridgehead atoms. The van der Waals surface area contributed by atoms with Gasteiger partial charge in [0.15, 0.2) is 0 Å². The maximum Gasteiger partial charge on any atom is 0.0546 e. The zero-order chi connectivity index (χ0) is 35.1. The predicted molar refractivity (Wildman–Crippen MR) is 227 cm³/mol. The van der Waals surface area contributed by atoms with E-state index in [9.17, 15) is 0 Å². The molecule has 0 aliphatic rings. The van der Waals surface area contributed by atoms with Crippen molar-refractivity contribution in [2.75, 3.05) is 4.90 Å². The lowest BCUT2D eigenvalue weighted by atomic mass is 9.89. The molecule has 0 saturated carbocycles. The summed E-state index contributed by atoms with van der Waals surface area (Å²) in [5, 5.41) is 9.90. The van der Waals surface area contributed by atoms with Crippen LogP contribution < -0.4 is 4.90 Å². The van der Waals surface area contributed by atoms with Crippen LogP contribution in [-0.2, 0) is 0 Å². The topological polar surface area (TPSA) is 3.24 Å². The minimum atomic E-state index is 1.11. The summed E-state index contributed by atoms with van der Waals surface area (Å²) in [5.74, 6) is 0. The molecule has 0 aliphatic heterocycles. The molecule has 0 aromatic heterocycles. The van der Waals surface area contributed by atoms with Crippen LogP contribution in [0.25, 0.3) is 76.5 Å². The molecule has 0 radical (unpaired) electrons. The SMILES string of the molecule is c1ccc(-c2ccccc2-c2ccccc2-c2ccc(N(c3cc4ccccc4c4ccccc34)c3cc4ccccc4c4ccccc34)cc2)cc1. The van der Waals surface area contributed by atoms with Gasteiger partial charge >= 0.3 is 0 Å². The first-order valence-electron chi connectivity index (χ1n) is 18.3. The molecular formula is C52H35N. The second kappa shape index (κ2) is 13.0. The van der Waals surface area contributed by atoms with Crippen molar-refractivity contribution in [3.8, 4) is 33.4 Å². The summed E-state index contributed by atoms with van der Waals surface area (Å²) in [4.78, 5) is 2.48. The summed E-state index contributed by atoms with van der Waals surface area (Å²) in [6, 6.07) is 77.3. The standard InChI is InChI=1S/C52H35N/c1-2-16-36(17-3-1)41-20-8-10-24-45(41)46-25-11-9-21-42(46)37-30-32-40(33-31-37)53(51-34-38-18-4-6-22-43(38)47-26-12-14-28-49(47)51)52-35-39-19-5-7-23-44(39)48-27-13-15-29-50(48)52/h1-35H. The van der Waals surface area contributed by atoms with E-state index in [2.05, 4.69) is 217 Å². The van der Waals surface area contributed by atoms with Crippen LogP contribution >= 0.6 is 0 Å². The summed E-state index contributed by atoms with van der Waals surface area (Å²) in [6.07, 6.45) is 0. The second-order valence-electron chi connectivity index (χ2n) is 13.7. The molecule has 0 unspecified atom stereocenters. The minimum absolute atomic E-state index is 1.11. The van der Waals surface area contributed by atoms with Gasteiger partial charge in [0.1, 0.15) is 0 Å². The zero-order valence-corrected chi connectivity index (χ0v) is 29.2. The van der Waals surface area contributed by atoms with Crippen molar-refractivity contribution >= 4 is 60.2 Å². The monoisotopic (exact) mass is 673 g/mol. The lowest BCUT2D eigenvalue weighted by Crippen LogP contribution is -2.11. The largest absolute Gasteiger partial charge is 0.309 e. The number of nitrogens with zero attached hydrogens (tertiary/aromatic N) is 1. The normalized spacial score (nSPS) is 11.4. The second-order valence-corrected chi connectivity index (χ2v) is 13.7. The fourth-order valence-corrected chi connectivity index (χ4v) is 8.19. The number of rotatable bonds is 6. The molecule has 0 amide bonds. The van der Waals surface area contributed by atoms with Gasteiger partial charge < -0.3 is 4.90 Å². The molecule has 10 rings (SSSR count). The summed E-state index contributed by atoms with van der Waals surface area (Å²) in [7, 11) is 0. The van der Waals surface area contributed by atoms with Gasteiger partial charge in [-0.15, -0.1) is 0 Å². The van der Waals surface area contributed by atoms with Gasteiger partial charge in [0.25, 0.3) is 0 Å². The highest BCUT2D eigenvalue weighted by Crippen LogP contribution is 2.46. The first-order valence-corrected chi connectivity index (χ1v) is 18.3. The molecule has 10 aromatic carbocycles. The van der Waals surface area contributed by atoms with Crippen LogP contribution in [0.4, 0.5) is 17.1 Å². The Morgan fingerprint density at radius 3 is 1.09 bits per heavy atom. The fourth-order valence-electron chi connectivity index (χ4n) is 8.19. The van der Waals surface area contributed by atoms with Gasteiger partial charge in [0.2, 0.25) is 0 Å². The van der Waals surface area contributed by atoms with Gasteiger partial charge in [-0.1, -0.05) is 188 Å². The molecule has 0 spiro atoms. The van der Waals surface area contributed by atoms with Crippen molar-refractivity contribution in [2.24, 2.45) is 0 Å². The molecule has 0 saturated heterocycles. The van der Waals surface area contributed by atoms with Gasteiger partial charge in [-0.25, -0.2) is 0 Å². The van der Waals surface area contributed by atoms with E-state index >= 15 is 0 Å². The number of fused-ring (bicyclic) bond motifs is 6. The van der Waals surface area contributed by atoms with Crippen molar-refractivity contribution < 1.29 is 0 Å². The highest BCUT2D eigenvalue weighted by Gasteiger charge is 2.21. The average Bonchev–Trinajstić information content (AvgIpc) is 3.24. The molecule has 0 aliphatic carbocycles. The molecule has 0 atom stereocenters.